The average Bonchev–Trinajstić information content (AvgIpc) is 2.44. The topological polar surface area (TPSA) is 98.5 Å². The van der Waals surface area contributed by atoms with Crippen LogP contribution in [0.3, 0.4) is 0 Å². The molecule has 114 valence electrons. The fraction of sp³-hybridized carbons (Fsp3) is 0.429. The molecule has 1 aromatic carbocycles. The van der Waals surface area contributed by atoms with E-state index >= 15 is 0 Å². The van der Waals surface area contributed by atoms with Gasteiger partial charge in [-0.05, 0) is 18.4 Å². The molecule has 0 bridgehead atoms. The van der Waals surface area contributed by atoms with Crippen molar-refractivity contribution in [2.75, 3.05) is 13.2 Å². The van der Waals surface area contributed by atoms with Crippen molar-refractivity contribution in [2.24, 2.45) is 5.92 Å². The average molecular weight is 294 g/mol. The van der Waals surface area contributed by atoms with Crippen LogP contribution in [0.1, 0.15) is 30.6 Å². The van der Waals surface area contributed by atoms with E-state index in [1.54, 1.807) is 0 Å². The van der Waals surface area contributed by atoms with Crippen LogP contribution in [0, 0.1) is 16.0 Å². The molecule has 0 aliphatic carbocycles. The zero-order chi connectivity index (χ0) is 15.8. The maximum absolute atomic E-state index is 11.7. The second-order valence-electron chi connectivity index (χ2n) is 4.88. The molecule has 0 unspecified atom stereocenters. The van der Waals surface area contributed by atoms with Crippen LogP contribution in [-0.2, 0) is 9.53 Å². The first-order valence-corrected chi connectivity index (χ1v) is 6.59. The normalized spacial score (nSPS) is 10.2. The lowest BCUT2D eigenvalue weighted by Gasteiger charge is -2.08. The zero-order valence-electron chi connectivity index (χ0n) is 12.0. The molecule has 0 spiro atoms. The number of amides is 1. The minimum atomic E-state index is -0.888. The van der Waals surface area contributed by atoms with Crippen molar-refractivity contribution in [2.45, 2.75) is 20.3 Å². The highest BCUT2D eigenvalue weighted by Gasteiger charge is 2.21. The Labute approximate surface area is 122 Å². The molecule has 1 rings (SSSR count). The van der Waals surface area contributed by atoms with Gasteiger partial charge in [0.15, 0.2) is 6.61 Å². The first-order chi connectivity index (χ1) is 9.91. The van der Waals surface area contributed by atoms with Gasteiger partial charge in [0.1, 0.15) is 5.56 Å². The Kier molecular flexibility index (Phi) is 6.32. The lowest BCUT2D eigenvalue weighted by molar-refractivity contribution is -0.385. The third-order valence-corrected chi connectivity index (χ3v) is 2.70. The summed E-state index contributed by atoms with van der Waals surface area (Å²) in [5, 5.41) is 13.4. The largest absolute Gasteiger partial charge is 0.452 e. The second kappa shape index (κ2) is 7.98. The number of nitro benzene ring substituents is 1. The molecule has 0 saturated carbocycles. The van der Waals surface area contributed by atoms with Crippen LogP contribution < -0.4 is 5.32 Å². The SMILES string of the molecule is CC(C)CCNC(=O)COC(=O)c1ccccc1[N+](=O)[O-]. The number of hydrogen-bond donors (Lipinski definition) is 1. The van der Waals surface area contributed by atoms with Crippen molar-refractivity contribution in [3.63, 3.8) is 0 Å². The molecule has 21 heavy (non-hydrogen) atoms. The lowest BCUT2D eigenvalue weighted by atomic mass is 10.1. The van der Waals surface area contributed by atoms with Gasteiger partial charge in [-0.3, -0.25) is 14.9 Å². The van der Waals surface area contributed by atoms with E-state index in [-0.39, 0.29) is 11.3 Å². The standard InChI is InChI=1S/C14H18N2O5/c1-10(2)7-8-15-13(17)9-21-14(18)11-5-3-4-6-12(11)16(19)20/h3-6,10H,7-9H2,1-2H3,(H,15,17). The van der Waals surface area contributed by atoms with Gasteiger partial charge in [-0.25, -0.2) is 4.79 Å². The molecule has 7 nitrogen and oxygen atoms in total. The summed E-state index contributed by atoms with van der Waals surface area (Å²) in [6.07, 6.45) is 0.823. The molecule has 0 heterocycles. The summed E-state index contributed by atoms with van der Waals surface area (Å²) >= 11 is 0. The summed E-state index contributed by atoms with van der Waals surface area (Å²) in [6, 6.07) is 5.44. The Bertz CT molecular complexity index is 528. The van der Waals surface area contributed by atoms with Gasteiger partial charge in [0.05, 0.1) is 4.92 Å². The Morgan fingerprint density at radius 1 is 1.33 bits per heavy atom. The second-order valence-corrected chi connectivity index (χ2v) is 4.88. The van der Waals surface area contributed by atoms with E-state index in [2.05, 4.69) is 5.32 Å². The van der Waals surface area contributed by atoms with Crippen LogP contribution in [0.25, 0.3) is 0 Å². The Morgan fingerprint density at radius 3 is 2.62 bits per heavy atom. The van der Waals surface area contributed by atoms with Crippen molar-refractivity contribution in [3.05, 3.63) is 39.9 Å². The molecule has 0 saturated heterocycles. The summed E-state index contributed by atoms with van der Waals surface area (Å²) in [4.78, 5) is 33.3. The van der Waals surface area contributed by atoms with Crippen LogP contribution in [0.2, 0.25) is 0 Å². The number of ether oxygens (including phenoxy) is 1. The monoisotopic (exact) mass is 294 g/mol. The van der Waals surface area contributed by atoms with Crippen LogP contribution in [-0.4, -0.2) is 30.0 Å². The van der Waals surface area contributed by atoms with Crippen molar-refractivity contribution >= 4 is 17.6 Å². The molecule has 1 aromatic rings. The number of benzene rings is 1. The number of hydrogen-bond acceptors (Lipinski definition) is 5. The number of para-hydroxylation sites is 1. The molecule has 0 fully saturated rings. The summed E-state index contributed by atoms with van der Waals surface area (Å²) in [6.45, 7) is 4.10. The van der Waals surface area contributed by atoms with Gasteiger partial charge in [0.2, 0.25) is 0 Å². The molecule has 0 aromatic heterocycles. The van der Waals surface area contributed by atoms with E-state index < -0.39 is 23.4 Å². The molecule has 1 N–H and O–H groups in total. The van der Waals surface area contributed by atoms with Crippen LogP contribution in [0.5, 0.6) is 0 Å². The van der Waals surface area contributed by atoms with E-state index in [1.165, 1.54) is 24.3 Å². The summed E-state index contributed by atoms with van der Waals surface area (Å²) in [7, 11) is 0. The van der Waals surface area contributed by atoms with Crippen LogP contribution in [0.4, 0.5) is 5.69 Å². The Balaban J connectivity index is 2.51. The van der Waals surface area contributed by atoms with Gasteiger partial charge in [0.25, 0.3) is 11.6 Å². The van der Waals surface area contributed by atoms with Crippen LogP contribution >= 0.6 is 0 Å². The lowest BCUT2D eigenvalue weighted by Crippen LogP contribution is -2.30. The molecule has 7 heteroatoms. The molecular weight excluding hydrogens is 276 g/mol. The van der Waals surface area contributed by atoms with Gasteiger partial charge in [-0.1, -0.05) is 26.0 Å². The van der Waals surface area contributed by atoms with Crippen molar-refractivity contribution in [1.82, 2.24) is 5.32 Å². The third kappa shape index (κ3) is 5.60. The van der Waals surface area contributed by atoms with Crippen molar-refractivity contribution < 1.29 is 19.2 Å². The van der Waals surface area contributed by atoms with Crippen molar-refractivity contribution in [1.29, 1.82) is 0 Å². The maximum Gasteiger partial charge on any atom is 0.345 e. The van der Waals surface area contributed by atoms with Gasteiger partial charge in [-0.2, -0.15) is 0 Å². The minimum absolute atomic E-state index is 0.169. The first kappa shape index (κ1) is 16.6. The van der Waals surface area contributed by atoms with Crippen LogP contribution in [0.15, 0.2) is 24.3 Å². The Hall–Kier alpha value is -2.44. The fourth-order valence-electron chi connectivity index (χ4n) is 1.57. The number of nitrogens with zero attached hydrogens (tertiary/aromatic N) is 1. The number of rotatable bonds is 7. The van der Waals surface area contributed by atoms with Gasteiger partial charge in [-0.15, -0.1) is 0 Å². The number of carbonyl (C=O) groups excluding carboxylic acids is 2. The molecule has 0 radical (unpaired) electrons. The predicted octanol–water partition coefficient (Wildman–Crippen LogP) is 1.91. The smallest absolute Gasteiger partial charge is 0.345 e. The molecular formula is C14H18N2O5. The third-order valence-electron chi connectivity index (χ3n) is 2.70. The zero-order valence-corrected chi connectivity index (χ0v) is 12.0. The number of nitro groups is 1. The van der Waals surface area contributed by atoms with E-state index in [0.717, 1.165) is 6.42 Å². The van der Waals surface area contributed by atoms with Gasteiger partial charge >= 0.3 is 5.97 Å². The van der Waals surface area contributed by atoms with E-state index in [9.17, 15) is 19.7 Å². The van der Waals surface area contributed by atoms with E-state index in [0.29, 0.717) is 12.5 Å². The highest BCUT2D eigenvalue weighted by Crippen LogP contribution is 2.18. The number of carbonyl (C=O) groups is 2. The van der Waals surface area contributed by atoms with Gasteiger partial charge < -0.3 is 10.1 Å². The minimum Gasteiger partial charge on any atom is -0.452 e. The summed E-state index contributed by atoms with van der Waals surface area (Å²) < 4.78 is 4.78. The summed E-state index contributed by atoms with van der Waals surface area (Å²) in [5.74, 6) is -0.858. The quantitative estimate of drug-likeness (QED) is 0.470. The number of nitrogens with one attached hydrogen (secondary N) is 1. The fourth-order valence-corrected chi connectivity index (χ4v) is 1.57. The molecule has 1 amide bonds. The number of esters is 1. The Morgan fingerprint density at radius 2 is 2.00 bits per heavy atom. The highest BCUT2D eigenvalue weighted by molar-refractivity contribution is 5.95. The first-order valence-electron chi connectivity index (χ1n) is 6.59. The molecule has 0 aliphatic rings. The molecule has 0 aliphatic heterocycles. The van der Waals surface area contributed by atoms with E-state index in [1.807, 2.05) is 13.8 Å². The predicted molar refractivity (Wildman–Crippen MR) is 75.8 cm³/mol. The maximum atomic E-state index is 11.7. The van der Waals surface area contributed by atoms with Gasteiger partial charge in [0, 0.05) is 12.6 Å². The molecule has 0 atom stereocenters. The van der Waals surface area contributed by atoms with Crippen molar-refractivity contribution in [3.8, 4) is 0 Å². The summed E-state index contributed by atoms with van der Waals surface area (Å²) in [5.41, 5.74) is -0.514. The van der Waals surface area contributed by atoms with E-state index in [4.69, 9.17) is 4.74 Å². The highest BCUT2D eigenvalue weighted by atomic mass is 16.6.